The van der Waals surface area contributed by atoms with E-state index in [1.165, 1.54) is 12.4 Å². The summed E-state index contributed by atoms with van der Waals surface area (Å²) in [4.78, 5) is 46.7. The number of amides is 2. The van der Waals surface area contributed by atoms with E-state index in [-0.39, 0.29) is 41.9 Å². The Balaban J connectivity index is 0.000000364. The maximum Gasteiger partial charge on any atom is 0.490 e. The number of likely N-dealkylation sites (tertiary alicyclic amines) is 1. The van der Waals surface area contributed by atoms with Crippen molar-refractivity contribution < 1.29 is 32.7 Å². The van der Waals surface area contributed by atoms with Crippen LogP contribution in [-0.4, -0.2) is 79.0 Å². The summed E-state index contributed by atoms with van der Waals surface area (Å²) in [5.41, 5.74) is 6.80. The van der Waals surface area contributed by atoms with Gasteiger partial charge in [0.15, 0.2) is 0 Å². The predicted octanol–water partition coefficient (Wildman–Crippen LogP) is 1.33. The van der Waals surface area contributed by atoms with Gasteiger partial charge in [-0.1, -0.05) is 0 Å². The number of hydrogen-bond donors (Lipinski definition) is 2. The van der Waals surface area contributed by atoms with Crippen LogP contribution in [0.2, 0.25) is 0 Å². The average molecular weight is 494 g/mol. The summed E-state index contributed by atoms with van der Waals surface area (Å²) >= 11 is 0. The summed E-state index contributed by atoms with van der Waals surface area (Å²) in [5.74, 6) is -2.37. The first-order chi connectivity index (χ1) is 16.5. The van der Waals surface area contributed by atoms with Gasteiger partial charge in [-0.05, 0) is 50.4 Å². The van der Waals surface area contributed by atoms with Gasteiger partial charge in [0.25, 0.3) is 5.91 Å². The third-order valence-corrected chi connectivity index (χ3v) is 7.33. The molecule has 0 aromatic carbocycles. The fourth-order valence-corrected chi connectivity index (χ4v) is 5.65. The maximum absolute atomic E-state index is 13.1. The number of carbonyl (C=O) groups excluding carboxylic acids is 2. The quantitative estimate of drug-likeness (QED) is 0.638. The van der Waals surface area contributed by atoms with E-state index in [4.69, 9.17) is 15.6 Å². The van der Waals surface area contributed by atoms with Crippen LogP contribution in [0.5, 0.6) is 0 Å². The van der Waals surface area contributed by atoms with Gasteiger partial charge in [0, 0.05) is 30.5 Å². The highest BCUT2D eigenvalue weighted by molar-refractivity contribution is 5.92. The summed E-state index contributed by atoms with van der Waals surface area (Å²) in [6.45, 7) is 0. The monoisotopic (exact) mass is 494 g/mol. The zero-order chi connectivity index (χ0) is 25.5. The largest absolute Gasteiger partial charge is 0.490 e. The summed E-state index contributed by atoms with van der Waals surface area (Å²) in [7, 11) is 0. The van der Waals surface area contributed by atoms with Crippen LogP contribution in [0.3, 0.4) is 0 Å². The van der Waals surface area contributed by atoms with Crippen LogP contribution < -0.4 is 5.73 Å². The smallest absolute Gasteiger partial charge is 0.475 e. The first-order valence-corrected chi connectivity index (χ1v) is 11.4. The van der Waals surface area contributed by atoms with Crippen molar-refractivity contribution in [1.29, 1.82) is 5.26 Å². The highest BCUT2D eigenvalue weighted by atomic mass is 19.4. The van der Waals surface area contributed by atoms with Crippen molar-refractivity contribution in [3.8, 4) is 6.07 Å². The molecule has 4 fully saturated rings. The Hall–Kier alpha value is -3.27. The van der Waals surface area contributed by atoms with Crippen molar-refractivity contribution in [2.75, 3.05) is 0 Å². The molecule has 2 bridgehead atoms. The van der Waals surface area contributed by atoms with Gasteiger partial charge in [-0.3, -0.25) is 14.6 Å². The molecule has 3 saturated heterocycles. The Kier molecular flexibility index (Phi) is 6.68. The fourth-order valence-electron chi connectivity index (χ4n) is 5.65. The van der Waals surface area contributed by atoms with Gasteiger partial charge in [-0.2, -0.15) is 18.4 Å². The molecule has 188 valence electrons. The molecule has 0 radical (unpaired) electrons. The summed E-state index contributed by atoms with van der Waals surface area (Å²) < 4.78 is 31.7. The van der Waals surface area contributed by atoms with Gasteiger partial charge < -0.3 is 20.6 Å². The van der Waals surface area contributed by atoms with E-state index in [9.17, 15) is 28.0 Å². The second kappa shape index (κ2) is 9.41. The molecule has 6 atom stereocenters. The molecule has 1 aliphatic carbocycles. The van der Waals surface area contributed by atoms with Crippen LogP contribution in [0.25, 0.3) is 0 Å². The number of alkyl halides is 3. The van der Waals surface area contributed by atoms with E-state index in [0.717, 1.165) is 38.5 Å². The number of nitriles is 1. The highest BCUT2D eigenvalue weighted by Crippen LogP contribution is 2.48. The van der Waals surface area contributed by atoms with Crippen molar-refractivity contribution in [1.82, 2.24) is 19.8 Å². The number of carboxylic acids is 1. The van der Waals surface area contributed by atoms with E-state index in [1.54, 1.807) is 11.1 Å². The number of carboxylic acid groups (broad SMARTS) is 1. The lowest BCUT2D eigenvalue weighted by Crippen LogP contribution is -2.55. The number of carbonyl (C=O) groups is 3. The Morgan fingerprint density at radius 2 is 1.74 bits per heavy atom. The number of nitrogens with two attached hydrogens (primary N) is 1. The molecular formula is C22H25F3N6O4. The zero-order valence-corrected chi connectivity index (χ0v) is 18.6. The molecule has 4 aliphatic rings. The third kappa shape index (κ3) is 4.93. The number of aliphatic carboxylic acids is 1. The molecule has 3 N–H and O–H groups in total. The van der Waals surface area contributed by atoms with Crippen LogP contribution in [0.4, 0.5) is 13.2 Å². The minimum absolute atomic E-state index is 0.0491. The van der Waals surface area contributed by atoms with Crippen LogP contribution in [0.15, 0.2) is 18.6 Å². The number of hydrogen-bond acceptors (Lipinski definition) is 7. The number of rotatable bonds is 3. The standard InChI is InChI=1S/C20H24N6O2.C2HF3O2/c21-9-15-5-11-8-17(11)26(15)20(28)18(22)12-6-13-1-2-14(7-12)25(13)19(27)16-10-23-3-4-24-16;3-2(4,5)1(6)7/h3-4,10-15,17-18H,1-2,5-8,22H2;(H,6,7)/t11-,12?,13?,14?,15+,17+,18-;/m0./s1. The minimum Gasteiger partial charge on any atom is -0.475 e. The number of fused-ring (bicyclic) bond motifs is 3. The molecule has 1 aromatic rings. The Morgan fingerprint density at radius 3 is 2.26 bits per heavy atom. The van der Waals surface area contributed by atoms with E-state index in [0.29, 0.717) is 11.6 Å². The SMILES string of the molecule is N#C[C@H]1C[C@H]2C[C@H]2N1C(=O)[C@@H](N)C1CC2CCC(C1)N2C(=O)c1cnccn1.O=C(O)C(F)(F)F. The molecule has 1 aromatic heterocycles. The van der Waals surface area contributed by atoms with Crippen molar-refractivity contribution in [2.45, 2.75) is 74.9 Å². The molecule has 5 rings (SSSR count). The second-order valence-electron chi connectivity index (χ2n) is 9.44. The first kappa shape index (κ1) is 24.8. The molecule has 2 unspecified atom stereocenters. The minimum atomic E-state index is -5.08. The number of nitrogens with zero attached hydrogens (tertiary/aromatic N) is 5. The molecule has 10 nitrogen and oxygen atoms in total. The Bertz CT molecular complexity index is 1020. The fraction of sp³-hybridized carbons (Fsp3) is 0.636. The molecular weight excluding hydrogens is 469 g/mol. The van der Waals surface area contributed by atoms with Crippen LogP contribution in [-0.2, 0) is 9.59 Å². The van der Waals surface area contributed by atoms with Gasteiger partial charge in [0.2, 0.25) is 5.91 Å². The van der Waals surface area contributed by atoms with Gasteiger partial charge in [0.05, 0.1) is 18.3 Å². The van der Waals surface area contributed by atoms with Crippen LogP contribution in [0.1, 0.15) is 49.0 Å². The molecule has 3 aliphatic heterocycles. The summed E-state index contributed by atoms with van der Waals surface area (Å²) in [6.07, 6.45) is 4.63. The molecule has 2 amide bonds. The van der Waals surface area contributed by atoms with E-state index in [1.807, 2.05) is 4.90 Å². The van der Waals surface area contributed by atoms with Crippen molar-refractivity contribution >= 4 is 17.8 Å². The van der Waals surface area contributed by atoms with Gasteiger partial charge >= 0.3 is 12.1 Å². The molecule has 1 saturated carbocycles. The lowest BCUT2D eigenvalue weighted by molar-refractivity contribution is -0.192. The van der Waals surface area contributed by atoms with Crippen LogP contribution in [0, 0.1) is 23.2 Å². The van der Waals surface area contributed by atoms with Crippen LogP contribution >= 0.6 is 0 Å². The number of aromatic nitrogens is 2. The van der Waals surface area contributed by atoms with Crippen molar-refractivity contribution in [2.24, 2.45) is 17.6 Å². The predicted molar refractivity (Wildman–Crippen MR) is 112 cm³/mol. The number of halogens is 3. The average Bonchev–Trinajstić information content (AvgIpc) is 3.42. The molecule has 35 heavy (non-hydrogen) atoms. The van der Waals surface area contributed by atoms with E-state index >= 15 is 0 Å². The zero-order valence-electron chi connectivity index (χ0n) is 18.6. The van der Waals surface area contributed by atoms with Crippen molar-refractivity contribution in [3.05, 3.63) is 24.3 Å². The van der Waals surface area contributed by atoms with Gasteiger partial charge in [0.1, 0.15) is 11.7 Å². The number of piperidine rings is 2. The molecule has 4 heterocycles. The lowest BCUT2D eigenvalue weighted by Gasteiger charge is -2.41. The summed E-state index contributed by atoms with van der Waals surface area (Å²) in [5, 5.41) is 16.5. The Morgan fingerprint density at radius 1 is 1.11 bits per heavy atom. The maximum atomic E-state index is 13.1. The third-order valence-electron chi connectivity index (χ3n) is 7.33. The summed E-state index contributed by atoms with van der Waals surface area (Å²) in [6, 6.07) is 1.76. The van der Waals surface area contributed by atoms with Gasteiger partial charge in [-0.25, -0.2) is 9.78 Å². The normalized spacial score (nSPS) is 31.5. The molecule has 13 heteroatoms. The van der Waals surface area contributed by atoms with Gasteiger partial charge in [-0.15, -0.1) is 0 Å². The van der Waals surface area contributed by atoms with E-state index < -0.39 is 18.2 Å². The van der Waals surface area contributed by atoms with Crippen molar-refractivity contribution in [3.63, 3.8) is 0 Å². The lowest BCUT2D eigenvalue weighted by atomic mass is 9.84. The first-order valence-electron chi connectivity index (χ1n) is 11.4. The van der Waals surface area contributed by atoms with E-state index in [2.05, 4.69) is 16.0 Å². The topological polar surface area (TPSA) is 154 Å². The second-order valence-corrected chi connectivity index (χ2v) is 9.44. The highest BCUT2D eigenvalue weighted by Gasteiger charge is 2.56. The molecule has 0 spiro atoms. The Labute approximate surface area is 198 Å².